The van der Waals surface area contributed by atoms with Gasteiger partial charge in [0.25, 0.3) is 11.8 Å². The number of carbonyl (C=O) groups is 3. The molecule has 2 aromatic rings. The molecule has 0 bridgehead atoms. The number of hydrogen-bond acceptors (Lipinski definition) is 5. The third-order valence-electron chi connectivity index (χ3n) is 4.81. The monoisotopic (exact) mass is 450 g/mol. The SMILES string of the molecule is COCCOc1ccc(C(F)(F)F)cc1NC(=O)CCN1C(=O)c2ccc(C)cc2C1=O. The van der Waals surface area contributed by atoms with Crippen molar-refractivity contribution in [3.63, 3.8) is 0 Å². The first kappa shape index (κ1) is 23.3. The quantitative estimate of drug-likeness (QED) is 0.490. The van der Waals surface area contributed by atoms with E-state index in [4.69, 9.17) is 9.47 Å². The van der Waals surface area contributed by atoms with Crippen LogP contribution in [0.1, 0.15) is 38.3 Å². The zero-order chi connectivity index (χ0) is 23.5. The second-order valence-corrected chi connectivity index (χ2v) is 7.16. The Balaban J connectivity index is 1.70. The summed E-state index contributed by atoms with van der Waals surface area (Å²) in [4.78, 5) is 38.3. The fraction of sp³-hybridized carbons (Fsp3) is 0.318. The molecule has 1 heterocycles. The average Bonchev–Trinajstić information content (AvgIpc) is 2.96. The van der Waals surface area contributed by atoms with Crippen molar-refractivity contribution in [2.75, 3.05) is 32.2 Å². The van der Waals surface area contributed by atoms with Crippen LogP contribution >= 0.6 is 0 Å². The highest BCUT2D eigenvalue weighted by atomic mass is 19.4. The van der Waals surface area contributed by atoms with Gasteiger partial charge in [-0.2, -0.15) is 13.2 Å². The van der Waals surface area contributed by atoms with Gasteiger partial charge in [0, 0.05) is 20.1 Å². The van der Waals surface area contributed by atoms with E-state index in [9.17, 15) is 27.6 Å². The Morgan fingerprint density at radius 3 is 2.44 bits per heavy atom. The number of nitrogens with zero attached hydrogens (tertiary/aromatic N) is 1. The Bertz CT molecular complexity index is 1050. The van der Waals surface area contributed by atoms with Crippen molar-refractivity contribution in [2.45, 2.75) is 19.5 Å². The molecule has 0 unspecified atom stereocenters. The summed E-state index contributed by atoms with van der Waals surface area (Å²) in [7, 11) is 1.44. The van der Waals surface area contributed by atoms with Crippen LogP contribution in [0.3, 0.4) is 0 Å². The number of methoxy groups -OCH3 is 1. The molecule has 170 valence electrons. The molecule has 0 spiro atoms. The van der Waals surface area contributed by atoms with Crippen LogP contribution in [0.2, 0.25) is 0 Å². The van der Waals surface area contributed by atoms with Crippen molar-refractivity contribution in [3.05, 3.63) is 58.7 Å². The molecule has 0 saturated carbocycles. The van der Waals surface area contributed by atoms with Gasteiger partial charge in [0.1, 0.15) is 12.4 Å². The Morgan fingerprint density at radius 2 is 1.75 bits per heavy atom. The lowest BCUT2D eigenvalue weighted by atomic mass is 10.1. The molecule has 0 fully saturated rings. The number of hydrogen-bond donors (Lipinski definition) is 1. The smallest absolute Gasteiger partial charge is 0.416 e. The van der Waals surface area contributed by atoms with E-state index in [1.165, 1.54) is 7.11 Å². The summed E-state index contributed by atoms with van der Waals surface area (Å²) < 4.78 is 49.5. The first-order chi connectivity index (χ1) is 15.1. The highest BCUT2D eigenvalue weighted by Gasteiger charge is 2.35. The summed E-state index contributed by atoms with van der Waals surface area (Å²) in [5.74, 6) is -1.65. The van der Waals surface area contributed by atoms with Gasteiger partial charge in [0.05, 0.1) is 29.0 Å². The first-order valence-electron chi connectivity index (χ1n) is 9.71. The van der Waals surface area contributed by atoms with Crippen molar-refractivity contribution in [2.24, 2.45) is 0 Å². The maximum absolute atomic E-state index is 13.1. The van der Waals surface area contributed by atoms with Crippen molar-refractivity contribution >= 4 is 23.4 Å². The molecule has 0 aromatic heterocycles. The molecule has 0 atom stereocenters. The van der Waals surface area contributed by atoms with Crippen LogP contribution in [-0.2, 0) is 15.7 Å². The van der Waals surface area contributed by atoms with Crippen molar-refractivity contribution in [1.29, 1.82) is 0 Å². The van der Waals surface area contributed by atoms with Gasteiger partial charge in [-0.05, 0) is 37.3 Å². The summed E-state index contributed by atoms with van der Waals surface area (Å²) in [6.07, 6.45) is -4.90. The lowest BCUT2D eigenvalue weighted by Crippen LogP contribution is -2.33. The number of benzene rings is 2. The minimum atomic E-state index is -4.61. The number of carbonyl (C=O) groups excluding carboxylic acids is 3. The van der Waals surface area contributed by atoms with Crippen LogP contribution in [0.4, 0.5) is 18.9 Å². The van der Waals surface area contributed by atoms with Crippen LogP contribution in [0.5, 0.6) is 5.75 Å². The molecule has 7 nitrogen and oxygen atoms in total. The number of amides is 3. The fourth-order valence-electron chi connectivity index (χ4n) is 3.20. The second kappa shape index (κ2) is 9.39. The molecule has 10 heteroatoms. The molecule has 3 rings (SSSR count). The van der Waals surface area contributed by atoms with E-state index >= 15 is 0 Å². The predicted octanol–water partition coefficient (Wildman–Crippen LogP) is 3.66. The molecule has 1 aliphatic heterocycles. The summed E-state index contributed by atoms with van der Waals surface area (Å²) in [5, 5.41) is 2.38. The average molecular weight is 450 g/mol. The molecule has 0 saturated heterocycles. The lowest BCUT2D eigenvalue weighted by molar-refractivity contribution is -0.137. The van der Waals surface area contributed by atoms with Crippen molar-refractivity contribution in [1.82, 2.24) is 4.90 Å². The van der Waals surface area contributed by atoms with Crippen LogP contribution in [-0.4, -0.2) is 49.5 Å². The van der Waals surface area contributed by atoms with E-state index in [0.29, 0.717) is 0 Å². The molecule has 32 heavy (non-hydrogen) atoms. The molecule has 0 aliphatic carbocycles. The Kier molecular flexibility index (Phi) is 6.83. The number of fused-ring (bicyclic) bond motifs is 1. The van der Waals surface area contributed by atoms with E-state index < -0.39 is 29.5 Å². The normalized spacial score (nSPS) is 13.3. The molecule has 2 aromatic carbocycles. The van der Waals surface area contributed by atoms with Crippen molar-refractivity contribution < 1.29 is 37.0 Å². The topological polar surface area (TPSA) is 84.9 Å². The lowest BCUT2D eigenvalue weighted by Gasteiger charge is -2.16. The summed E-state index contributed by atoms with van der Waals surface area (Å²) >= 11 is 0. The maximum Gasteiger partial charge on any atom is 0.416 e. The Morgan fingerprint density at radius 1 is 1.03 bits per heavy atom. The highest BCUT2D eigenvalue weighted by molar-refractivity contribution is 6.21. The van der Waals surface area contributed by atoms with E-state index in [0.717, 1.165) is 28.7 Å². The Hall–Kier alpha value is -3.40. The van der Waals surface area contributed by atoms with Gasteiger partial charge in [0.2, 0.25) is 5.91 Å². The molecule has 1 aliphatic rings. The van der Waals surface area contributed by atoms with Gasteiger partial charge < -0.3 is 14.8 Å². The molecule has 3 amide bonds. The van der Waals surface area contributed by atoms with E-state index in [1.807, 2.05) is 0 Å². The van der Waals surface area contributed by atoms with Gasteiger partial charge in [-0.3, -0.25) is 19.3 Å². The number of ether oxygens (including phenoxy) is 2. The highest BCUT2D eigenvalue weighted by Crippen LogP contribution is 2.35. The molecular formula is C22H21F3N2O5. The number of alkyl halides is 3. The third kappa shape index (κ3) is 5.08. The van der Waals surface area contributed by atoms with Crippen LogP contribution in [0.25, 0.3) is 0 Å². The van der Waals surface area contributed by atoms with E-state index in [2.05, 4.69) is 5.32 Å². The van der Waals surface area contributed by atoms with Crippen LogP contribution < -0.4 is 10.1 Å². The number of halogens is 3. The van der Waals surface area contributed by atoms with Crippen LogP contribution in [0.15, 0.2) is 36.4 Å². The van der Waals surface area contributed by atoms with E-state index in [1.54, 1.807) is 25.1 Å². The molecule has 0 radical (unpaired) electrons. The maximum atomic E-state index is 13.1. The van der Waals surface area contributed by atoms with Crippen LogP contribution in [0, 0.1) is 6.92 Å². The summed E-state index contributed by atoms with van der Waals surface area (Å²) in [6.45, 7) is 1.85. The molecule has 1 N–H and O–H groups in total. The number of aryl methyl sites for hydroxylation is 1. The minimum absolute atomic E-state index is 0.0413. The van der Waals surface area contributed by atoms with Gasteiger partial charge >= 0.3 is 6.18 Å². The molecular weight excluding hydrogens is 429 g/mol. The number of rotatable bonds is 8. The summed E-state index contributed by atoms with van der Waals surface area (Å²) in [6, 6.07) is 7.59. The first-order valence-corrected chi connectivity index (χ1v) is 9.71. The van der Waals surface area contributed by atoms with Crippen molar-refractivity contribution in [3.8, 4) is 5.75 Å². The number of anilines is 1. The number of nitrogens with one attached hydrogen (secondary N) is 1. The van der Waals surface area contributed by atoms with Gasteiger partial charge in [-0.25, -0.2) is 0 Å². The van der Waals surface area contributed by atoms with E-state index in [-0.39, 0.29) is 48.7 Å². The zero-order valence-electron chi connectivity index (χ0n) is 17.4. The third-order valence-corrected chi connectivity index (χ3v) is 4.81. The standard InChI is InChI=1S/C22H21F3N2O5/c1-13-3-5-15-16(11-13)21(30)27(20(15)29)8-7-19(28)26-17-12-14(22(23,24)25)4-6-18(17)32-10-9-31-2/h3-6,11-12H,7-10H2,1-2H3,(H,26,28). The Labute approximate surface area is 182 Å². The fourth-order valence-corrected chi connectivity index (χ4v) is 3.20. The van der Waals surface area contributed by atoms with Gasteiger partial charge in [-0.1, -0.05) is 11.6 Å². The van der Waals surface area contributed by atoms with Gasteiger partial charge in [0.15, 0.2) is 0 Å². The number of imide groups is 1. The summed E-state index contributed by atoms with van der Waals surface area (Å²) in [5.41, 5.74) is 0.214. The largest absolute Gasteiger partial charge is 0.489 e. The zero-order valence-corrected chi connectivity index (χ0v) is 17.4. The predicted molar refractivity (Wildman–Crippen MR) is 109 cm³/mol. The van der Waals surface area contributed by atoms with Gasteiger partial charge in [-0.15, -0.1) is 0 Å². The minimum Gasteiger partial charge on any atom is -0.489 e. The second-order valence-electron chi connectivity index (χ2n) is 7.16.